The van der Waals surface area contributed by atoms with Gasteiger partial charge in [0.25, 0.3) is 0 Å². The summed E-state index contributed by atoms with van der Waals surface area (Å²) in [6.45, 7) is 1.56. The predicted molar refractivity (Wildman–Crippen MR) is 92.9 cm³/mol. The summed E-state index contributed by atoms with van der Waals surface area (Å²) >= 11 is 0. The number of benzene rings is 1. The Kier molecular flexibility index (Phi) is 4.08. The average Bonchev–Trinajstić information content (AvgIpc) is 3.15. The summed E-state index contributed by atoms with van der Waals surface area (Å²) in [5.41, 5.74) is 8.54. The Balaban J connectivity index is 1.93. The second-order valence-electron chi connectivity index (χ2n) is 6.33. The Bertz CT molecular complexity index is 942. The van der Waals surface area contributed by atoms with Crippen LogP contribution in [0.4, 0.5) is 5.82 Å². The maximum Gasteiger partial charge on any atom is 0.168 e. The number of imidazole rings is 1. The Hall–Kier alpha value is -2.59. The summed E-state index contributed by atoms with van der Waals surface area (Å²) in [4.78, 5) is 12.7. The van der Waals surface area contributed by atoms with Gasteiger partial charge < -0.3 is 25.8 Å². The molecule has 5 N–H and O–H groups in total. The monoisotopic (exact) mass is 357 g/mol. The Morgan fingerprint density at radius 2 is 1.88 bits per heavy atom. The molecule has 9 nitrogen and oxygen atoms in total. The van der Waals surface area contributed by atoms with Gasteiger partial charge in [0, 0.05) is 5.56 Å². The van der Waals surface area contributed by atoms with Crippen LogP contribution in [0.3, 0.4) is 0 Å². The fourth-order valence-electron chi connectivity index (χ4n) is 3.17. The molecule has 0 spiro atoms. The number of fused-ring (bicyclic) bond motifs is 1. The molecule has 3 heterocycles. The number of rotatable bonds is 3. The first kappa shape index (κ1) is 16.9. The molecule has 136 valence electrons. The molecule has 4 rings (SSSR count). The maximum absolute atomic E-state index is 10.5. The Morgan fingerprint density at radius 1 is 1.15 bits per heavy atom. The lowest BCUT2D eigenvalue weighted by Crippen LogP contribution is -2.33. The number of aliphatic hydroxyl groups excluding tert-OH is 3. The molecule has 1 aliphatic rings. The molecule has 0 aliphatic carbocycles. The maximum atomic E-state index is 10.5. The molecule has 0 radical (unpaired) electrons. The summed E-state index contributed by atoms with van der Waals surface area (Å²) in [6, 6.07) is 7.65. The molecule has 2 aromatic heterocycles. The van der Waals surface area contributed by atoms with Gasteiger partial charge in [0.1, 0.15) is 30.5 Å². The quantitative estimate of drug-likeness (QED) is 0.513. The number of hydrogen-bond acceptors (Lipinski definition) is 8. The van der Waals surface area contributed by atoms with Crippen LogP contribution in [0.1, 0.15) is 11.8 Å². The van der Waals surface area contributed by atoms with Crippen LogP contribution in [0, 0.1) is 6.92 Å². The van der Waals surface area contributed by atoms with Crippen molar-refractivity contribution in [3.05, 3.63) is 36.2 Å². The fraction of sp³-hybridized carbons (Fsp3) is 0.353. The summed E-state index contributed by atoms with van der Waals surface area (Å²) in [6.07, 6.45) is -3.07. The first-order valence-electron chi connectivity index (χ1n) is 8.19. The lowest BCUT2D eigenvalue weighted by atomic mass is 10.1. The van der Waals surface area contributed by atoms with Crippen molar-refractivity contribution >= 4 is 17.0 Å². The average molecular weight is 357 g/mol. The number of ether oxygens (including phenoxy) is 1. The Labute approximate surface area is 148 Å². The molecular weight excluding hydrogens is 338 g/mol. The zero-order valence-electron chi connectivity index (χ0n) is 14.0. The van der Waals surface area contributed by atoms with Crippen LogP contribution in [0.2, 0.25) is 0 Å². The number of nitrogens with two attached hydrogens (primary N) is 1. The summed E-state index contributed by atoms with van der Waals surface area (Å²) in [5.74, 6) is 0.677. The van der Waals surface area contributed by atoms with Gasteiger partial charge in [-0.2, -0.15) is 0 Å². The molecule has 1 fully saturated rings. The van der Waals surface area contributed by atoms with Gasteiger partial charge in [-0.3, -0.25) is 4.57 Å². The molecule has 9 heteroatoms. The van der Waals surface area contributed by atoms with Crippen molar-refractivity contribution in [1.82, 2.24) is 19.5 Å². The van der Waals surface area contributed by atoms with Crippen molar-refractivity contribution in [3.63, 3.8) is 0 Å². The first-order valence-corrected chi connectivity index (χ1v) is 8.19. The van der Waals surface area contributed by atoms with Gasteiger partial charge in [-0.05, 0) is 6.92 Å². The second kappa shape index (κ2) is 6.29. The molecule has 4 atom stereocenters. The first-order chi connectivity index (χ1) is 12.5. The SMILES string of the molecule is Cc1ccc(-c2nc3c(N)ncnc3n2[C@@H]2O[C@H](CO)[C@@H](O)[C@H]2O)cc1. The zero-order chi connectivity index (χ0) is 18.4. The fourth-order valence-corrected chi connectivity index (χ4v) is 3.17. The number of nitrogen functional groups attached to an aromatic ring is 1. The van der Waals surface area contributed by atoms with Gasteiger partial charge in [0.2, 0.25) is 0 Å². The van der Waals surface area contributed by atoms with Crippen LogP contribution in [0.5, 0.6) is 0 Å². The summed E-state index contributed by atoms with van der Waals surface area (Å²) in [7, 11) is 0. The highest BCUT2D eigenvalue weighted by molar-refractivity contribution is 5.85. The molecule has 0 unspecified atom stereocenters. The van der Waals surface area contributed by atoms with Gasteiger partial charge in [0.15, 0.2) is 23.2 Å². The minimum atomic E-state index is -1.26. The number of hydrogen-bond donors (Lipinski definition) is 4. The predicted octanol–water partition coefficient (Wildman–Crippen LogP) is -0.00458. The van der Waals surface area contributed by atoms with Crippen LogP contribution < -0.4 is 5.73 Å². The highest BCUT2D eigenvalue weighted by Gasteiger charge is 2.45. The third-order valence-corrected chi connectivity index (χ3v) is 4.59. The van der Waals surface area contributed by atoms with E-state index in [2.05, 4.69) is 15.0 Å². The molecular formula is C17H19N5O4. The smallest absolute Gasteiger partial charge is 0.168 e. The number of aryl methyl sites for hydroxylation is 1. The van der Waals surface area contributed by atoms with E-state index in [1.165, 1.54) is 6.33 Å². The van der Waals surface area contributed by atoms with Crippen molar-refractivity contribution in [1.29, 1.82) is 0 Å². The third kappa shape index (κ3) is 2.53. The molecule has 0 amide bonds. The van der Waals surface area contributed by atoms with Crippen molar-refractivity contribution in [2.75, 3.05) is 12.3 Å². The number of aromatic nitrogens is 4. The van der Waals surface area contributed by atoms with Gasteiger partial charge in [-0.1, -0.05) is 29.8 Å². The molecule has 0 bridgehead atoms. The van der Waals surface area contributed by atoms with E-state index in [9.17, 15) is 15.3 Å². The van der Waals surface area contributed by atoms with Crippen molar-refractivity contribution in [2.24, 2.45) is 0 Å². The minimum absolute atomic E-state index is 0.203. The third-order valence-electron chi connectivity index (χ3n) is 4.59. The zero-order valence-corrected chi connectivity index (χ0v) is 14.0. The molecule has 0 saturated carbocycles. The van der Waals surface area contributed by atoms with Crippen LogP contribution in [-0.2, 0) is 4.74 Å². The van der Waals surface area contributed by atoms with E-state index in [1.54, 1.807) is 4.57 Å². The molecule has 1 saturated heterocycles. The molecule has 26 heavy (non-hydrogen) atoms. The van der Waals surface area contributed by atoms with Crippen LogP contribution in [0.15, 0.2) is 30.6 Å². The molecule has 1 aromatic carbocycles. The number of anilines is 1. The van der Waals surface area contributed by atoms with Gasteiger partial charge in [0.05, 0.1) is 6.61 Å². The van der Waals surface area contributed by atoms with Crippen molar-refractivity contribution in [2.45, 2.75) is 31.5 Å². The standard InChI is InChI=1S/C17H19N5O4/c1-8-2-4-9(5-3-8)15-21-11-14(18)19-7-20-16(11)22(15)17-13(25)12(24)10(6-23)26-17/h2-5,7,10,12-13,17,23-25H,6H2,1H3,(H2,18,19,20)/t10-,12-,13-,17-/m1/s1. The summed E-state index contributed by atoms with van der Waals surface area (Å²) in [5, 5.41) is 30.0. The lowest BCUT2D eigenvalue weighted by molar-refractivity contribution is -0.0503. The van der Waals surface area contributed by atoms with Crippen LogP contribution in [0.25, 0.3) is 22.6 Å². The highest BCUT2D eigenvalue weighted by atomic mass is 16.6. The van der Waals surface area contributed by atoms with Crippen LogP contribution >= 0.6 is 0 Å². The van der Waals surface area contributed by atoms with E-state index in [0.29, 0.717) is 17.0 Å². The number of nitrogens with zero attached hydrogens (tertiary/aromatic N) is 4. The van der Waals surface area contributed by atoms with Crippen molar-refractivity contribution < 1.29 is 20.1 Å². The molecule has 1 aliphatic heterocycles. The second-order valence-corrected chi connectivity index (χ2v) is 6.33. The van der Waals surface area contributed by atoms with Gasteiger partial charge >= 0.3 is 0 Å². The largest absolute Gasteiger partial charge is 0.394 e. The van der Waals surface area contributed by atoms with E-state index in [-0.39, 0.29) is 5.82 Å². The van der Waals surface area contributed by atoms with E-state index in [1.807, 2.05) is 31.2 Å². The summed E-state index contributed by atoms with van der Waals surface area (Å²) < 4.78 is 7.27. The number of aliphatic hydroxyl groups is 3. The van der Waals surface area contributed by atoms with Crippen LogP contribution in [-0.4, -0.2) is 59.8 Å². The minimum Gasteiger partial charge on any atom is -0.394 e. The van der Waals surface area contributed by atoms with E-state index >= 15 is 0 Å². The molecule has 3 aromatic rings. The lowest BCUT2D eigenvalue weighted by Gasteiger charge is -2.19. The van der Waals surface area contributed by atoms with Gasteiger partial charge in [-0.25, -0.2) is 15.0 Å². The van der Waals surface area contributed by atoms with E-state index in [4.69, 9.17) is 10.5 Å². The van der Waals surface area contributed by atoms with Gasteiger partial charge in [-0.15, -0.1) is 0 Å². The van der Waals surface area contributed by atoms with E-state index in [0.717, 1.165) is 11.1 Å². The Morgan fingerprint density at radius 3 is 2.54 bits per heavy atom. The normalized spacial score (nSPS) is 25.8. The topological polar surface area (TPSA) is 140 Å². The highest BCUT2D eigenvalue weighted by Crippen LogP contribution is 2.36. The van der Waals surface area contributed by atoms with Crippen molar-refractivity contribution in [3.8, 4) is 11.4 Å². The van der Waals surface area contributed by atoms with E-state index < -0.39 is 31.1 Å².